The maximum absolute atomic E-state index is 12.8. The molecule has 1 atom stereocenters. The van der Waals surface area contributed by atoms with Crippen molar-refractivity contribution in [2.75, 3.05) is 16.8 Å². The second kappa shape index (κ2) is 7.76. The third-order valence-electron chi connectivity index (χ3n) is 4.97. The third kappa shape index (κ3) is 4.43. The molecule has 0 radical (unpaired) electrons. The molecule has 8 heteroatoms. The molecule has 3 aromatic rings. The van der Waals surface area contributed by atoms with Gasteiger partial charge in [0.2, 0.25) is 0 Å². The van der Waals surface area contributed by atoms with Crippen molar-refractivity contribution in [3.63, 3.8) is 0 Å². The zero-order chi connectivity index (χ0) is 20.6. The molecule has 29 heavy (non-hydrogen) atoms. The lowest BCUT2D eigenvalue weighted by Gasteiger charge is -2.13. The highest BCUT2D eigenvalue weighted by Crippen LogP contribution is 2.30. The number of aryl methyl sites for hydroxylation is 1. The van der Waals surface area contributed by atoms with Crippen molar-refractivity contribution in [2.24, 2.45) is 0 Å². The minimum Gasteiger partial charge on any atom is -0.321 e. The fraction of sp³-hybridized carbons (Fsp3) is 0.238. The minimum atomic E-state index is -3.08. The molecule has 0 saturated carbocycles. The van der Waals surface area contributed by atoms with E-state index in [0.717, 1.165) is 21.3 Å². The van der Waals surface area contributed by atoms with Gasteiger partial charge in [-0.3, -0.25) is 9.48 Å². The topological polar surface area (TPSA) is 81.1 Å². The summed E-state index contributed by atoms with van der Waals surface area (Å²) in [5.41, 5.74) is 3.68. The standard InChI is InChI=1S/C21H20BrN3O3S/c1-14-2-4-15(5-3-14)20-12-19(21(26)23-17-8-6-16(22)7-9-17)24-25(20)18-10-11-29(27,28)13-18/h2-9,12,18H,10-11,13H2,1H3,(H,23,26). The van der Waals surface area contributed by atoms with Crippen molar-refractivity contribution < 1.29 is 13.2 Å². The summed E-state index contributed by atoms with van der Waals surface area (Å²) in [6.45, 7) is 2.00. The number of carbonyl (C=O) groups excluding carboxylic acids is 1. The van der Waals surface area contributed by atoms with Gasteiger partial charge in [0.05, 0.1) is 23.2 Å². The van der Waals surface area contributed by atoms with Crippen LogP contribution in [0.15, 0.2) is 59.1 Å². The summed E-state index contributed by atoms with van der Waals surface area (Å²) in [4.78, 5) is 12.8. The van der Waals surface area contributed by atoms with Crippen molar-refractivity contribution in [2.45, 2.75) is 19.4 Å². The first kappa shape index (κ1) is 19.8. The van der Waals surface area contributed by atoms with Crippen molar-refractivity contribution in [3.05, 3.63) is 70.3 Å². The summed E-state index contributed by atoms with van der Waals surface area (Å²) in [6, 6.07) is 16.6. The van der Waals surface area contributed by atoms with E-state index in [9.17, 15) is 13.2 Å². The van der Waals surface area contributed by atoms with Gasteiger partial charge in [-0.1, -0.05) is 45.8 Å². The number of hydrogen-bond acceptors (Lipinski definition) is 4. The van der Waals surface area contributed by atoms with Crippen LogP contribution in [0.5, 0.6) is 0 Å². The van der Waals surface area contributed by atoms with E-state index >= 15 is 0 Å². The summed E-state index contributed by atoms with van der Waals surface area (Å²) >= 11 is 3.37. The fourth-order valence-electron chi connectivity index (χ4n) is 3.42. The van der Waals surface area contributed by atoms with Crippen LogP contribution in [-0.2, 0) is 9.84 Å². The lowest BCUT2D eigenvalue weighted by molar-refractivity contribution is 0.102. The maximum Gasteiger partial charge on any atom is 0.276 e. The van der Waals surface area contributed by atoms with Gasteiger partial charge in [-0.15, -0.1) is 0 Å². The Hall–Kier alpha value is -2.45. The second-order valence-electron chi connectivity index (χ2n) is 7.24. The zero-order valence-electron chi connectivity index (χ0n) is 15.8. The van der Waals surface area contributed by atoms with E-state index < -0.39 is 9.84 Å². The lowest BCUT2D eigenvalue weighted by Crippen LogP contribution is -2.16. The monoisotopic (exact) mass is 473 g/mol. The molecule has 1 aliphatic heterocycles. The van der Waals surface area contributed by atoms with Gasteiger partial charge in [0.15, 0.2) is 15.5 Å². The molecule has 1 aliphatic rings. The number of sulfone groups is 1. The Balaban J connectivity index is 1.69. The third-order valence-corrected chi connectivity index (χ3v) is 7.25. The molecule has 1 saturated heterocycles. The van der Waals surface area contributed by atoms with Crippen LogP contribution < -0.4 is 5.32 Å². The minimum absolute atomic E-state index is 0.0430. The summed E-state index contributed by atoms with van der Waals surface area (Å²) < 4.78 is 26.6. The summed E-state index contributed by atoms with van der Waals surface area (Å²) in [5, 5.41) is 7.34. The normalized spacial score (nSPS) is 17.9. The fourth-order valence-corrected chi connectivity index (χ4v) is 5.38. The molecule has 150 valence electrons. The summed E-state index contributed by atoms with van der Waals surface area (Å²) in [6.07, 6.45) is 0.497. The Morgan fingerprint density at radius 3 is 2.45 bits per heavy atom. The molecule has 0 bridgehead atoms. The number of benzene rings is 2. The van der Waals surface area contributed by atoms with E-state index in [4.69, 9.17) is 0 Å². The number of nitrogens with zero attached hydrogens (tertiary/aromatic N) is 2. The first-order valence-corrected chi connectivity index (χ1v) is 11.9. The highest BCUT2D eigenvalue weighted by Gasteiger charge is 2.32. The Bertz CT molecular complexity index is 1150. The molecule has 0 aliphatic carbocycles. The van der Waals surface area contributed by atoms with Gasteiger partial charge in [-0.2, -0.15) is 5.10 Å². The van der Waals surface area contributed by atoms with Crippen LogP contribution >= 0.6 is 15.9 Å². The number of carbonyl (C=O) groups is 1. The van der Waals surface area contributed by atoms with Gasteiger partial charge in [0, 0.05) is 10.2 Å². The molecule has 1 amide bonds. The van der Waals surface area contributed by atoms with Crippen LogP contribution in [0.3, 0.4) is 0 Å². The Morgan fingerprint density at radius 1 is 1.14 bits per heavy atom. The highest BCUT2D eigenvalue weighted by molar-refractivity contribution is 9.10. The number of rotatable bonds is 4. The molecule has 2 heterocycles. The molecule has 1 fully saturated rings. The van der Waals surface area contributed by atoms with Crippen LogP contribution in [0.4, 0.5) is 5.69 Å². The molecule has 4 rings (SSSR count). The average Bonchev–Trinajstić information content (AvgIpc) is 3.28. The van der Waals surface area contributed by atoms with Crippen LogP contribution in [0, 0.1) is 6.92 Å². The van der Waals surface area contributed by atoms with Crippen LogP contribution in [-0.4, -0.2) is 35.6 Å². The Labute approximate surface area is 178 Å². The highest BCUT2D eigenvalue weighted by atomic mass is 79.9. The number of anilines is 1. The quantitative estimate of drug-likeness (QED) is 0.614. The predicted octanol–water partition coefficient (Wildman–Crippen LogP) is 4.23. The first-order valence-electron chi connectivity index (χ1n) is 9.25. The molecular weight excluding hydrogens is 454 g/mol. The molecule has 6 nitrogen and oxygen atoms in total. The Morgan fingerprint density at radius 2 is 1.83 bits per heavy atom. The first-order chi connectivity index (χ1) is 13.8. The van der Waals surface area contributed by atoms with Gasteiger partial charge in [-0.05, 0) is 49.2 Å². The number of amides is 1. The van der Waals surface area contributed by atoms with Gasteiger partial charge < -0.3 is 5.32 Å². The number of aromatic nitrogens is 2. The average molecular weight is 474 g/mol. The smallest absolute Gasteiger partial charge is 0.276 e. The van der Waals surface area contributed by atoms with Crippen LogP contribution in [0.25, 0.3) is 11.3 Å². The summed E-state index contributed by atoms with van der Waals surface area (Å²) in [5.74, 6) is -0.146. The second-order valence-corrected chi connectivity index (χ2v) is 10.4. The van der Waals surface area contributed by atoms with Crippen LogP contribution in [0.2, 0.25) is 0 Å². The largest absolute Gasteiger partial charge is 0.321 e. The molecule has 1 aromatic heterocycles. The van der Waals surface area contributed by atoms with Gasteiger partial charge in [-0.25, -0.2) is 8.42 Å². The van der Waals surface area contributed by atoms with Gasteiger partial charge >= 0.3 is 0 Å². The lowest BCUT2D eigenvalue weighted by atomic mass is 10.1. The van der Waals surface area contributed by atoms with Crippen molar-refractivity contribution in [1.82, 2.24) is 9.78 Å². The van der Waals surface area contributed by atoms with Crippen molar-refractivity contribution >= 4 is 37.4 Å². The van der Waals surface area contributed by atoms with Crippen LogP contribution in [0.1, 0.15) is 28.5 Å². The predicted molar refractivity (Wildman–Crippen MR) is 117 cm³/mol. The van der Waals surface area contributed by atoms with E-state index in [1.807, 2.05) is 43.3 Å². The molecule has 2 aromatic carbocycles. The van der Waals surface area contributed by atoms with E-state index in [0.29, 0.717) is 12.1 Å². The molecule has 0 spiro atoms. The number of halogens is 1. The van der Waals surface area contributed by atoms with Gasteiger partial charge in [0.25, 0.3) is 5.91 Å². The number of hydrogen-bond donors (Lipinski definition) is 1. The molecular formula is C21H20BrN3O3S. The van der Waals surface area contributed by atoms with Crippen molar-refractivity contribution in [3.8, 4) is 11.3 Å². The van der Waals surface area contributed by atoms with Crippen molar-refractivity contribution in [1.29, 1.82) is 0 Å². The maximum atomic E-state index is 12.8. The number of nitrogens with one attached hydrogen (secondary N) is 1. The Kier molecular flexibility index (Phi) is 5.31. The molecule has 1 N–H and O–H groups in total. The van der Waals surface area contributed by atoms with Gasteiger partial charge in [0.1, 0.15) is 0 Å². The van der Waals surface area contributed by atoms with E-state index in [1.54, 1.807) is 22.9 Å². The summed E-state index contributed by atoms with van der Waals surface area (Å²) in [7, 11) is -3.08. The van der Waals surface area contributed by atoms with E-state index in [2.05, 4.69) is 26.3 Å². The SMILES string of the molecule is Cc1ccc(-c2cc(C(=O)Nc3ccc(Br)cc3)nn2C2CCS(=O)(=O)C2)cc1. The van der Waals surface area contributed by atoms with E-state index in [-0.39, 0.29) is 29.1 Å². The van der Waals surface area contributed by atoms with E-state index in [1.165, 1.54) is 0 Å². The molecule has 1 unspecified atom stereocenters. The zero-order valence-corrected chi connectivity index (χ0v) is 18.2.